The fourth-order valence-corrected chi connectivity index (χ4v) is 2.93. The average Bonchev–Trinajstić information content (AvgIpc) is 2.62. The Labute approximate surface area is 169 Å². The second-order valence-corrected chi connectivity index (χ2v) is 7.04. The number of anilines is 2. The molecule has 0 spiro atoms. The zero-order chi connectivity index (χ0) is 19.8. The van der Waals surface area contributed by atoms with Crippen LogP contribution in [0.2, 0.25) is 10.0 Å². The Morgan fingerprint density at radius 2 is 1.70 bits per heavy atom. The molecule has 2 amide bonds. The number of rotatable bonds is 7. The minimum absolute atomic E-state index is 0.163. The number of carbonyl (C=O) groups excluding carboxylic acids is 2. The number of hydrogen-bond donors (Lipinski definition) is 3. The van der Waals surface area contributed by atoms with Crippen LogP contribution in [0.3, 0.4) is 0 Å². The monoisotopic (exact) mass is 424 g/mol. The topological polar surface area (TPSA) is 95.5 Å². The molecule has 0 aliphatic rings. The Kier molecular flexibility index (Phi) is 7.72. The summed E-state index contributed by atoms with van der Waals surface area (Å²) in [4.78, 5) is 34.7. The highest BCUT2D eigenvalue weighted by atomic mass is 35.5. The van der Waals surface area contributed by atoms with Crippen LogP contribution in [-0.2, 0) is 14.4 Å². The summed E-state index contributed by atoms with van der Waals surface area (Å²) in [6.45, 7) is 0. The van der Waals surface area contributed by atoms with E-state index >= 15 is 0 Å². The SMILES string of the molecule is O=C(O)/C=C/C(=O)Nc1ccc(SCC(=O)Nc2cc(Cl)ccc2Cl)cc1. The van der Waals surface area contributed by atoms with E-state index in [2.05, 4.69) is 10.6 Å². The molecule has 0 unspecified atom stereocenters. The first kappa shape index (κ1) is 20.8. The lowest BCUT2D eigenvalue weighted by Crippen LogP contribution is -2.14. The van der Waals surface area contributed by atoms with Gasteiger partial charge >= 0.3 is 5.97 Å². The van der Waals surface area contributed by atoms with Gasteiger partial charge in [-0.1, -0.05) is 23.2 Å². The minimum atomic E-state index is -1.20. The van der Waals surface area contributed by atoms with Crippen LogP contribution in [0.1, 0.15) is 0 Å². The highest BCUT2D eigenvalue weighted by molar-refractivity contribution is 8.00. The van der Waals surface area contributed by atoms with E-state index in [4.69, 9.17) is 28.3 Å². The summed E-state index contributed by atoms with van der Waals surface area (Å²) in [7, 11) is 0. The first-order chi connectivity index (χ1) is 12.8. The van der Waals surface area contributed by atoms with Gasteiger partial charge in [0.2, 0.25) is 11.8 Å². The molecular formula is C18H14Cl2N2O4S. The van der Waals surface area contributed by atoms with Gasteiger partial charge in [-0.2, -0.15) is 0 Å². The Bertz CT molecular complexity index is 885. The smallest absolute Gasteiger partial charge is 0.328 e. The number of benzene rings is 2. The molecule has 9 heteroatoms. The summed E-state index contributed by atoms with van der Waals surface area (Å²) < 4.78 is 0. The molecule has 27 heavy (non-hydrogen) atoms. The molecule has 0 radical (unpaired) electrons. The number of carbonyl (C=O) groups is 3. The first-order valence-electron chi connectivity index (χ1n) is 7.53. The van der Waals surface area contributed by atoms with Crippen molar-refractivity contribution >= 4 is 64.1 Å². The Morgan fingerprint density at radius 1 is 1.00 bits per heavy atom. The predicted molar refractivity (Wildman–Crippen MR) is 108 cm³/mol. The number of amides is 2. The van der Waals surface area contributed by atoms with Crippen LogP contribution in [0.4, 0.5) is 11.4 Å². The molecule has 2 aromatic rings. The normalized spacial score (nSPS) is 10.6. The van der Waals surface area contributed by atoms with Gasteiger partial charge in [0.1, 0.15) is 0 Å². The van der Waals surface area contributed by atoms with Crippen molar-refractivity contribution in [2.24, 2.45) is 0 Å². The van der Waals surface area contributed by atoms with Gasteiger partial charge in [0.05, 0.1) is 16.5 Å². The second kappa shape index (κ2) is 10.0. The summed E-state index contributed by atoms with van der Waals surface area (Å²) in [6.07, 6.45) is 1.68. The van der Waals surface area contributed by atoms with Gasteiger partial charge in [0.25, 0.3) is 0 Å². The molecule has 0 saturated heterocycles. The molecule has 2 aromatic carbocycles. The van der Waals surface area contributed by atoms with E-state index in [1.807, 2.05) is 0 Å². The van der Waals surface area contributed by atoms with E-state index in [0.717, 1.165) is 17.0 Å². The van der Waals surface area contributed by atoms with Crippen LogP contribution in [0.5, 0.6) is 0 Å². The van der Waals surface area contributed by atoms with Gasteiger partial charge in [-0.05, 0) is 42.5 Å². The molecule has 0 heterocycles. The lowest BCUT2D eigenvalue weighted by molar-refractivity contribution is -0.131. The van der Waals surface area contributed by atoms with Crippen molar-refractivity contribution in [3.63, 3.8) is 0 Å². The van der Waals surface area contributed by atoms with E-state index in [1.165, 1.54) is 11.8 Å². The zero-order valence-corrected chi connectivity index (χ0v) is 16.1. The zero-order valence-electron chi connectivity index (χ0n) is 13.7. The molecule has 0 saturated carbocycles. The fourth-order valence-electron chi connectivity index (χ4n) is 1.89. The van der Waals surface area contributed by atoms with Gasteiger partial charge in [-0.3, -0.25) is 9.59 Å². The molecular weight excluding hydrogens is 411 g/mol. The maximum atomic E-state index is 12.0. The third-order valence-electron chi connectivity index (χ3n) is 3.07. The molecule has 140 valence electrons. The Balaban J connectivity index is 1.85. The van der Waals surface area contributed by atoms with E-state index in [9.17, 15) is 14.4 Å². The standard InChI is InChI=1S/C18H14Cl2N2O4S/c19-11-1-6-14(20)15(9-11)22-17(24)10-27-13-4-2-12(3-5-13)21-16(23)7-8-18(25)26/h1-9H,10H2,(H,21,23)(H,22,24)(H,25,26)/b8-7+. The van der Waals surface area contributed by atoms with Gasteiger partial charge in [0, 0.05) is 27.8 Å². The molecule has 0 bridgehead atoms. The van der Waals surface area contributed by atoms with Gasteiger partial charge in [-0.15, -0.1) is 11.8 Å². The molecule has 0 fully saturated rings. The number of carboxylic acids is 1. The summed E-state index contributed by atoms with van der Waals surface area (Å²) in [5.74, 6) is -1.82. The van der Waals surface area contributed by atoms with Gasteiger partial charge in [0.15, 0.2) is 0 Å². The minimum Gasteiger partial charge on any atom is -0.478 e. The number of thioether (sulfide) groups is 1. The fraction of sp³-hybridized carbons (Fsp3) is 0.0556. The van der Waals surface area contributed by atoms with Crippen LogP contribution in [0.25, 0.3) is 0 Å². The van der Waals surface area contributed by atoms with Crippen LogP contribution in [0.15, 0.2) is 59.5 Å². The maximum absolute atomic E-state index is 12.0. The van der Waals surface area contributed by atoms with Crippen LogP contribution < -0.4 is 10.6 Å². The number of halogens is 2. The Morgan fingerprint density at radius 3 is 2.37 bits per heavy atom. The molecule has 0 aromatic heterocycles. The maximum Gasteiger partial charge on any atom is 0.328 e. The lowest BCUT2D eigenvalue weighted by Gasteiger charge is -2.08. The molecule has 0 aliphatic carbocycles. The molecule has 6 nitrogen and oxygen atoms in total. The largest absolute Gasteiger partial charge is 0.478 e. The summed E-state index contributed by atoms with van der Waals surface area (Å²) in [5.41, 5.74) is 0.955. The van der Waals surface area contributed by atoms with E-state index in [0.29, 0.717) is 21.4 Å². The van der Waals surface area contributed by atoms with Crippen LogP contribution in [0, 0.1) is 0 Å². The molecule has 2 rings (SSSR count). The summed E-state index contributed by atoms with van der Waals surface area (Å²) in [5, 5.41) is 14.6. The second-order valence-electron chi connectivity index (χ2n) is 5.15. The van der Waals surface area contributed by atoms with Crippen molar-refractivity contribution in [3.8, 4) is 0 Å². The van der Waals surface area contributed by atoms with Gasteiger partial charge in [-0.25, -0.2) is 4.79 Å². The first-order valence-corrected chi connectivity index (χ1v) is 9.27. The number of aliphatic carboxylic acids is 1. The third-order valence-corrected chi connectivity index (χ3v) is 4.65. The summed E-state index contributed by atoms with van der Waals surface area (Å²) in [6, 6.07) is 11.6. The third kappa shape index (κ3) is 7.34. The van der Waals surface area contributed by atoms with Crippen LogP contribution >= 0.6 is 35.0 Å². The van der Waals surface area contributed by atoms with E-state index < -0.39 is 11.9 Å². The highest BCUT2D eigenvalue weighted by Gasteiger charge is 2.08. The van der Waals surface area contributed by atoms with E-state index in [1.54, 1.807) is 42.5 Å². The van der Waals surface area contributed by atoms with Crippen molar-refractivity contribution in [2.75, 3.05) is 16.4 Å². The van der Waals surface area contributed by atoms with Gasteiger partial charge < -0.3 is 15.7 Å². The van der Waals surface area contributed by atoms with Crippen molar-refractivity contribution < 1.29 is 19.5 Å². The quantitative estimate of drug-likeness (QED) is 0.454. The van der Waals surface area contributed by atoms with Crippen molar-refractivity contribution in [1.29, 1.82) is 0 Å². The van der Waals surface area contributed by atoms with Crippen molar-refractivity contribution in [1.82, 2.24) is 0 Å². The number of carboxylic acid groups (broad SMARTS) is 1. The molecule has 0 aliphatic heterocycles. The number of nitrogens with one attached hydrogen (secondary N) is 2. The lowest BCUT2D eigenvalue weighted by atomic mass is 10.3. The van der Waals surface area contributed by atoms with Crippen molar-refractivity contribution in [2.45, 2.75) is 4.90 Å². The predicted octanol–water partition coefficient (Wildman–Crippen LogP) is 4.30. The van der Waals surface area contributed by atoms with Crippen molar-refractivity contribution in [3.05, 3.63) is 64.7 Å². The van der Waals surface area contributed by atoms with E-state index in [-0.39, 0.29) is 11.7 Å². The molecule has 0 atom stereocenters. The number of hydrogen-bond acceptors (Lipinski definition) is 4. The Hall–Kier alpha value is -2.48. The highest BCUT2D eigenvalue weighted by Crippen LogP contribution is 2.26. The average molecular weight is 425 g/mol. The molecule has 3 N–H and O–H groups in total. The van der Waals surface area contributed by atoms with Crippen LogP contribution in [-0.4, -0.2) is 28.6 Å². The summed E-state index contributed by atoms with van der Waals surface area (Å²) >= 11 is 13.2.